The molecule has 2 heteroatoms. The standard InChI is InChI=1S/C8H13IO/c1-8(2)4-3-7(10)6(9)5-8/h5,7,10H,3-4H2,1-2H3. The third-order valence-electron chi connectivity index (χ3n) is 1.91. The molecule has 1 aliphatic carbocycles. The number of hydrogen-bond donors (Lipinski definition) is 1. The molecule has 1 aliphatic rings. The summed E-state index contributed by atoms with van der Waals surface area (Å²) >= 11 is 2.22. The van der Waals surface area contributed by atoms with E-state index in [1.54, 1.807) is 0 Å². The van der Waals surface area contributed by atoms with Gasteiger partial charge in [0.15, 0.2) is 0 Å². The van der Waals surface area contributed by atoms with Crippen molar-refractivity contribution < 1.29 is 5.11 Å². The van der Waals surface area contributed by atoms with Crippen LogP contribution in [0.4, 0.5) is 0 Å². The van der Waals surface area contributed by atoms with Crippen molar-refractivity contribution in [3.63, 3.8) is 0 Å². The Morgan fingerprint density at radius 1 is 1.70 bits per heavy atom. The van der Waals surface area contributed by atoms with Crippen molar-refractivity contribution in [3.05, 3.63) is 9.66 Å². The molecule has 0 saturated heterocycles. The Kier molecular flexibility index (Phi) is 2.40. The van der Waals surface area contributed by atoms with Crippen LogP contribution in [0.5, 0.6) is 0 Å². The van der Waals surface area contributed by atoms with Crippen LogP contribution >= 0.6 is 22.6 Å². The molecule has 0 bridgehead atoms. The summed E-state index contributed by atoms with van der Waals surface area (Å²) in [5.41, 5.74) is 0.301. The molecule has 0 aliphatic heterocycles. The number of aliphatic hydroxyl groups is 1. The molecule has 58 valence electrons. The van der Waals surface area contributed by atoms with Crippen molar-refractivity contribution in [1.29, 1.82) is 0 Å². The minimum Gasteiger partial charge on any atom is -0.388 e. The quantitative estimate of drug-likeness (QED) is 0.656. The van der Waals surface area contributed by atoms with E-state index in [2.05, 4.69) is 42.5 Å². The molecule has 1 atom stereocenters. The van der Waals surface area contributed by atoms with Gasteiger partial charge in [0.25, 0.3) is 0 Å². The lowest BCUT2D eigenvalue weighted by Crippen LogP contribution is -2.20. The Morgan fingerprint density at radius 2 is 2.30 bits per heavy atom. The highest BCUT2D eigenvalue weighted by atomic mass is 127. The van der Waals surface area contributed by atoms with Crippen molar-refractivity contribution >= 4 is 22.6 Å². The second-order valence-electron chi connectivity index (χ2n) is 3.57. The van der Waals surface area contributed by atoms with Gasteiger partial charge in [-0.25, -0.2) is 0 Å². The van der Waals surface area contributed by atoms with E-state index in [1.165, 1.54) is 0 Å². The highest BCUT2D eigenvalue weighted by molar-refractivity contribution is 14.1. The third-order valence-corrected chi connectivity index (χ3v) is 2.94. The Labute approximate surface area is 75.7 Å². The van der Waals surface area contributed by atoms with Gasteiger partial charge in [0.2, 0.25) is 0 Å². The zero-order valence-corrected chi connectivity index (χ0v) is 8.55. The fourth-order valence-electron chi connectivity index (χ4n) is 1.19. The number of aliphatic hydroxyl groups excluding tert-OH is 1. The highest BCUT2D eigenvalue weighted by Gasteiger charge is 2.24. The average Bonchev–Trinajstić information content (AvgIpc) is 1.79. The first-order chi connectivity index (χ1) is 4.51. The number of hydrogen-bond acceptors (Lipinski definition) is 1. The van der Waals surface area contributed by atoms with Gasteiger partial charge in [-0.05, 0) is 40.8 Å². The molecule has 0 saturated carbocycles. The van der Waals surface area contributed by atoms with Gasteiger partial charge in [-0.3, -0.25) is 0 Å². The average molecular weight is 252 g/mol. The van der Waals surface area contributed by atoms with Crippen molar-refractivity contribution in [2.45, 2.75) is 32.8 Å². The van der Waals surface area contributed by atoms with Crippen LogP contribution in [0.2, 0.25) is 0 Å². The predicted octanol–water partition coefficient (Wildman–Crippen LogP) is 2.49. The maximum absolute atomic E-state index is 9.33. The van der Waals surface area contributed by atoms with E-state index in [9.17, 15) is 5.11 Å². The minimum absolute atomic E-state index is 0.186. The second-order valence-corrected chi connectivity index (χ2v) is 4.82. The largest absolute Gasteiger partial charge is 0.388 e. The first-order valence-corrected chi connectivity index (χ1v) is 4.65. The van der Waals surface area contributed by atoms with Gasteiger partial charge >= 0.3 is 0 Å². The Morgan fingerprint density at radius 3 is 2.70 bits per heavy atom. The van der Waals surface area contributed by atoms with E-state index in [0.717, 1.165) is 16.4 Å². The van der Waals surface area contributed by atoms with Gasteiger partial charge in [0.1, 0.15) is 0 Å². The van der Waals surface area contributed by atoms with Gasteiger partial charge in [-0.1, -0.05) is 19.9 Å². The van der Waals surface area contributed by atoms with Crippen LogP contribution in [0.15, 0.2) is 9.66 Å². The lowest BCUT2D eigenvalue weighted by Gasteiger charge is -2.28. The molecular formula is C8H13IO. The molecule has 0 spiro atoms. The summed E-state index contributed by atoms with van der Waals surface area (Å²) in [4.78, 5) is 0. The van der Waals surface area contributed by atoms with Gasteiger partial charge in [0, 0.05) is 3.58 Å². The summed E-state index contributed by atoms with van der Waals surface area (Å²) in [6.45, 7) is 4.41. The molecule has 0 aromatic carbocycles. The van der Waals surface area contributed by atoms with Crippen molar-refractivity contribution in [2.24, 2.45) is 5.41 Å². The fraction of sp³-hybridized carbons (Fsp3) is 0.750. The van der Waals surface area contributed by atoms with E-state index in [-0.39, 0.29) is 6.10 Å². The molecule has 0 amide bonds. The first-order valence-electron chi connectivity index (χ1n) is 3.58. The summed E-state index contributed by atoms with van der Waals surface area (Å²) in [6.07, 6.45) is 4.00. The molecule has 0 fully saturated rings. The fourth-order valence-corrected chi connectivity index (χ4v) is 2.34. The predicted molar refractivity (Wildman–Crippen MR) is 51.1 cm³/mol. The molecular weight excluding hydrogens is 239 g/mol. The van der Waals surface area contributed by atoms with E-state index in [1.807, 2.05) is 0 Å². The molecule has 1 N–H and O–H groups in total. The molecule has 0 aromatic rings. The van der Waals surface area contributed by atoms with E-state index in [0.29, 0.717) is 5.41 Å². The van der Waals surface area contributed by atoms with Gasteiger partial charge in [-0.15, -0.1) is 0 Å². The zero-order valence-electron chi connectivity index (χ0n) is 6.39. The Hall–Kier alpha value is 0.430. The SMILES string of the molecule is CC1(C)C=C(I)C(O)CC1. The lowest BCUT2D eigenvalue weighted by atomic mass is 9.82. The van der Waals surface area contributed by atoms with Crippen LogP contribution in [-0.4, -0.2) is 11.2 Å². The third kappa shape index (κ3) is 1.95. The maximum atomic E-state index is 9.33. The normalized spacial score (nSPS) is 31.6. The number of allylic oxidation sites excluding steroid dienone is 1. The smallest absolute Gasteiger partial charge is 0.0843 e. The van der Waals surface area contributed by atoms with E-state index < -0.39 is 0 Å². The van der Waals surface area contributed by atoms with Crippen LogP contribution in [0, 0.1) is 5.41 Å². The molecule has 1 nitrogen and oxygen atoms in total. The van der Waals surface area contributed by atoms with Crippen LogP contribution in [0.3, 0.4) is 0 Å². The zero-order chi connectivity index (χ0) is 7.78. The molecule has 1 rings (SSSR count). The van der Waals surface area contributed by atoms with Crippen LogP contribution in [0.1, 0.15) is 26.7 Å². The summed E-state index contributed by atoms with van der Waals surface area (Å²) in [5, 5.41) is 9.33. The van der Waals surface area contributed by atoms with Crippen molar-refractivity contribution in [2.75, 3.05) is 0 Å². The topological polar surface area (TPSA) is 20.2 Å². The molecule has 1 unspecified atom stereocenters. The minimum atomic E-state index is -0.186. The molecule has 0 aromatic heterocycles. The van der Waals surface area contributed by atoms with Gasteiger partial charge < -0.3 is 5.11 Å². The lowest BCUT2D eigenvalue weighted by molar-refractivity contribution is 0.178. The molecule has 0 radical (unpaired) electrons. The summed E-state index contributed by atoms with van der Waals surface area (Å²) in [7, 11) is 0. The molecule has 10 heavy (non-hydrogen) atoms. The highest BCUT2D eigenvalue weighted by Crippen LogP contribution is 2.35. The first kappa shape index (κ1) is 8.53. The van der Waals surface area contributed by atoms with Gasteiger partial charge in [-0.2, -0.15) is 0 Å². The van der Waals surface area contributed by atoms with E-state index in [4.69, 9.17) is 0 Å². The second kappa shape index (κ2) is 2.81. The van der Waals surface area contributed by atoms with Crippen LogP contribution < -0.4 is 0 Å². The van der Waals surface area contributed by atoms with E-state index >= 15 is 0 Å². The Bertz CT molecular complexity index is 161. The summed E-state index contributed by atoms with van der Waals surface area (Å²) in [5.74, 6) is 0. The Balaban J connectivity index is 2.76. The van der Waals surface area contributed by atoms with Crippen molar-refractivity contribution in [3.8, 4) is 0 Å². The number of halogens is 1. The molecule has 0 heterocycles. The number of rotatable bonds is 0. The van der Waals surface area contributed by atoms with Gasteiger partial charge in [0.05, 0.1) is 6.10 Å². The summed E-state index contributed by atoms with van der Waals surface area (Å²) in [6, 6.07) is 0. The summed E-state index contributed by atoms with van der Waals surface area (Å²) < 4.78 is 1.11. The van der Waals surface area contributed by atoms with Crippen molar-refractivity contribution in [1.82, 2.24) is 0 Å². The monoisotopic (exact) mass is 252 g/mol. The van der Waals surface area contributed by atoms with Crippen LogP contribution in [-0.2, 0) is 0 Å². The van der Waals surface area contributed by atoms with Crippen LogP contribution in [0.25, 0.3) is 0 Å². The maximum Gasteiger partial charge on any atom is 0.0843 e.